The quantitative estimate of drug-likeness (QED) is 0.804. The molecule has 5 heteroatoms. The normalized spacial score (nSPS) is 17.4. The van der Waals surface area contributed by atoms with Crippen LogP contribution in [0.5, 0.6) is 0 Å². The van der Waals surface area contributed by atoms with Crippen molar-refractivity contribution < 1.29 is 4.74 Å². The van der Waals surface area contributed by atoms with E-state index < -0.39 is 0 Å². The third-order valence-electron chi connectivity index (χ3n) is 2.94. The van der Waals surface area contributed by atoms with Gasteiger partial charge in [0.2, 0.25) is 0 Å². The van der Waals surface area contributed by atoms with E-state index in [-0.39, 0.29) is 0 Å². The molecule has 0 spiro atoms. The number of hydrogen-bond donors (Lipinski definition) is 1. The summed E-state index contributed by atoms with van der Waals surface area (Å²) in [7, 11) is 2.00. The van der Waals surface area contributed by atoms with E-state index in [4.69, 9.17) is 22.1 Å². The highest BCUT2D eigenvalue weighted by Crippen LogP contribution is 2.26. The van der Waals surface area contributed by atoms with Crippen LogP contribution in [0.2, 0.25) is 5.15 Å². The highest BCUT2D eigenvalue weighted by Gasteiger charge is 2.21. The maximum absolute atomic E-state index is 5.90. The highest BCUT2D eigenvalue weighted by molar-refractivity contribution is 6.29. The van der Waals surface area contributed by atoms with Crippen LogP contribution in [0.3, 0.4) is 0 Å². The second-order valence-electron chi connectivity index (χ2n) is 4.00. The summed E-state index contributed by atoms with van der Waals surface area (Å²) in [5.74, 6) is 0.763. The van der Waals surface area contributed by atoms with Crippen LogP contribution in [0.4, 0.5) is 11.5 Å². The van der Waals surface area contributed by atoms with E-state index in [2.05, 4.69) is 9.88 Å². The number of hydrogen-bond acceptors (Lipinski definition) is 4. The first-order chi connectivity index (χ1) is 7.68. The summed E-state index contributed by atoms with van der Waals surface area (Å²) in [6.45, 7) is 1.60. The molecule has 2 heterocycles. The molecule has 16 heavy (non-hydrogen) atoms. The minimum absolute atomic E-state index is 0.432. The van der Waals surface area contributed by atoms with E-state index in [0.717, 1.165) is 31.9 Å². The van der Waals surface area contributed by atoms with Crippen molar-refractivity contribution in [3.63, 3.8) is 0 Å². The van der Waals surface area contributed by atoms with Gasteiger partial charge in [-0.15, -0.1) is 0 Å². The number of ether oxygens (including phenoxy) is 1. The topological polar surface area (TPSA) is 51.4 Å². The van der Waals surface area contributed by atoms with E-state index in [9.17, 15) is 0 Å². The maximum atomic E-state index is 5.90. The molecule has 0 atom stereocenters. The Hall–Kier alpha value is -1.00. The van der Waals surface area contributed by atoms with Crippen molar-refractivity contribution in [2.24, 2.45) is 0 Å². The molecule has 1 fully saturated rings. The van der Waals surface area contributed by atoms with Crippen molar-refractivity contribution in [2.45, 2.75) is 18.9 Å². The zero-order chi connectivity index (χ0) is 11.5. The fourth-order valence-corrected chi connectivity index (χ4v) is 2.11. The Morgan fingerprint density at radius 1 is 1.44 bits per heavy atom. The fraction of sp³-hybridized carbons (Fsp3) is 0.545. The predicted molar refractivity (Wildman–Crippen MR) is 65.9 cm³/mol. The van der Waals surface area contributed by atoms with Gasteiger partial charge < -0.3 is 15.4 Å². The van der Waals surface area contributed by atoms with Gasteiger partial charge in [0.1, 0.15) is 5.15 Å². The number of rotatable bonds is 2. The molecular formula is C11H16ClN3O. The standard InChI is InChI=1S/C11H16ClN3O/c1-15(8-4-6-16-7-5-8)11-9(13)2-3-10(12)14-11/h2-3,8H,4-7,13H2,1H3. The summed E-state index contributed by atoms with van der Waals surface area (Å²) in [6, 6.07) is 3.93. The number of aromatic nitrogens is 1. The molecule has 1 aliphatic rings. The maximum Gasteiger partial charge on any atom is 0.153 e. The molecule has 0 radical (unpaired) electrons. The summed E-state index contributed by atoms with van der Waals surface area (Å²) in [5.41, 5.74) is 6.57. The van der Waals surface area contributed by atoms with Gasteiger partial charge in [0, 0.05) is 26.3 Å². The number of pyridine rings is 1. The van der Waals surface area contributed by atoms with Gasteiger partial charge in [-0.05, 0) is 25.0 Å². The minimum Gasteiger partial charge on any atom is -0.396 e. The molecule has 2 N–H and O–H groups in total. The Morgan fingerprint density at radius 2 is 2.12 bits per heavy atom. The fourth-order valence-electron chi connectivity index (χ4n) is 1.96. The second-order valence-corrected chi connectivity index (χ2v) is 4.39. The SMILES string of the molecule is CN(c1nc(Cl)ccc1N)C1CCOCC1. The van der Waals surface area contributed by atoms with E-state index in [1.165, 1.54) is 0 Å². The third-order valence-corrected chi connectivity index (χ3v) is 3.15. The number of nitrogens with two attached hydrogens (primary N) is 1. The van der Waals surface area contributed by atoms with Gasteiger partial charge in [0.15, 0.2) is 5.82 Å². The Balaban J connectivity index is 2.18. The lowest BCUT2D eigenvalue weighted by Crippen LogP contribution is -2.37. The van der Waals surface area contributed by atoms with Crippen LogP contribution in [-0.4, -0.2) is 31.3 Å². The summed E-state index contributed by atoms with van der Waals surface area (Å²) in [5, 5.41) is 0.475. The zero-order valence-electron chi connectivity index (χ0n) is 9.32. The van der Waals surface area contributed by atoms with Gasteiger partial charge in [-0.3, -0.25) is 0 Å². The highest BCUT2D eigenvalue weighted by atomic mass is 35.5. The van der Waals surface area contributed by atoms with Gasteiger partial charge in [-0.1, -0.05) is 11.6 Å². The van der Waals surface area contributed by atoms with Gasteiger partial charge in [-0.25, -0.2) is 4.98 Å². The van der Waals surface area contributed by atoms with Crippen LogP contribution in [0, 0.1) is 0 Å². The lowest BCUT2D eigenvalue weighted by Gasteiger charge is -2.32. The lowest BCUT2D eigenvalue weighted by molar-refractivity contribution is 0.0854. The molecule has 0 aliphatic carbocycles. The van der Waals surface area contributed by atoms with E-state index >= 15 is 0 Å². The molecule has 1 aliphatic heterocycles. The summed E-state index contributed by atoms with van der Waals surface area (Å²) < 4.78 is 5.34. The third kappa shape index (κ3) is 2.39. The Bertz CT molecular complexity index is 366. The van der Waals surface area contributed by atoms with E-state index in [1.807, 2.05) is 7.05 Å². The molecule has 0 unspecified atom stereocenters. The molecule has 1 aromatic rings. The van der Waals surface area contributed by atoms with Crippen molar-refractivity contribution in [2.75, 3.05) is 30.9 Å². The van der Waals surface area contributed by atoms with Crippen LogP contribution in [0.25, 0.3) is 0 Å². The molecule has 0 amide bonds. The van der Waals surface area contributed by atoms with E-state index in [1.54, 1.807) is 12.1 Å². The zero-order valence-corrected chi connectivity index (χ0v) is 10.1. The first kappa shape index (κ1) is 11.5. The van der Waals surface area contributed by atoms with Crippen molar-refractivity contribution in [3.8, 4) is 0 Å². The molecule has 1 saturated heterocycles. The largest absolute Gasteiger partial charge is 0.396 e. The van der Waals surface area contributed by atoms with Crippen LogP contribution in [0.1, 0.15) is 12.8 Å². The second kappa shape index (κ2) is 4.89. The predicted octanol–water partition coefficient (Wildman–Crippen LogP) is 1.93. The molecule has 2 rings (SSSR count). The van der Waals surface area contributed by atoms with Crippen LogP contribution < -0.4 is 10.6 Å². The van der Waals surface area contributed by atoms with Crippen molar-refractivity contribution in [1.29, 1.82) is 0 Å². The minimum atomic E-state index is 0.432. The molecule has 4 nitrogen and oxygen atoms in total. The molecule has 0 saturated carbocycles. The Kier molecular flexibility index (Phi) is 3.51. The molecule has 0 aromatic carbocycles. The van der Waals surface area contributed by atoms with Crippen molar-refractivity contribution >= 4 is 23.1 Å². The van der Waals surface area contributed by atoms with Gasteiger partial charge in [-0.2, -0.15) is 0 Å². The molecule has 1 aromatic heterocycles. The van der Waals surface area contributed by atoms with Crippen molar-refractivity contribution in [1.82, 2.24) is 4.98 Å². The van der Waals surface area contributed by atoms with Gasteiger partial charge >= 0.3 is 0 Å². The average molecular weight is 242 g/mol. The molecular weight excluding hydrogens is 226 g/mol. The summed E-state index contributed by atoms with van der Waals surface area (Å²) >= 11 is 5.88. The Morgan fingerprint density at radius 3 is 2.81 bits per heavy atom. The Labute approximate surface area is 100 Å². The van der Waals surface area contributed by atoms with Gasteiger partial charge in [0.25, 0.3) is 0 Å². The number of halogens is 1. The number of anilines is 2. The number of nitrogens with zero attached hydrogens (tertiary/aromatic N) is 2. The number of nitrogen functional groups attached to an aromatic ring is 1. The average Bonchev–Trinajstić information content (AvgIpc) is 2.32. The molecule has 0 bridgehead atoms. The monoisotopic (exact) mass is 241 g/mol. The molecule has 88 valence electrons. The lowest BCUT2D eigenvalue weighted by atomic mass is 10.1. The van der Waals surface area contributed by atoms with Crippen LogP contribution in [-0.2, 0) is 4.74 Å². The van der Waals surface area contributed by atoms with Crippen molar-refractivity contribution in [3.05, 3.63) is 17.3 Å². The van der Waals surface area contributed by atoms with E-state index in [0.29, 0.717) is 16.9 Å². The first-order valence-electron chi connectivity index (χ1n) is 5.41. The summed E-state index contributed by atoms with van der Waals surface area (Å²) in [4.78, 5) is 6.37. The van der Waals surface area contributed by atoms with Crippen LogP contribution in [0.15, 0.2) is 12.1 Å². The van der Waals surface area contributed by atoms with Gasteiger partial charge in [0.05, 0.1) is 5.69 Å². The van der Waals surface area contributed by atoms with Crippen LogP contribution >= 0.6 is 11.6 Å². The summed E-state index contributed by atoms with van der Waals surface area (Å²) in [6.07, 6.45) is 2.01. The smallest absolute Gasteiger partial charge is 0.153 e. The first-order valence-corrected chi connectivity index (χ1v) is 5.79.